The molecule has 0 bridgehead atoms. The Morgan fingerprint density at radius 1 is 0.882 bits per heavy atom. The van der Waals surface area contributed by atoms with Crippen molar-refractivity contribution in [1.82, 2.24) is 0 Å². The van der Waals surface area contributed by atoms with Crippen LogP contribution in [0.15, 0.2) is 11.8 Å². The van der Waals surface area contributed by atoms with E-state index in [0.717, 1.165) is 25.7 Å². The first-order valence-electron chi connectivity index (χ1n) is 14.2. The maximum Gasteiger partial charge on any atom is 0.131 e. The van der Waals surface area contributed by atoms with Crippen LogP contribution in [0.3, 0.4) is 0 Å². The largest absolute Gasteiger partial charge is 0.495 e. The van der Waals surface area contributed by atoms with E-state index in [1.807, 2.05) is 0 Å². The zero-order valence-corrected chi connectivity index (χ0v) is 22.2. The highest BCUT2D eigenvalue weighted by Gasteiger charge is 2.85. The molecule has 5 aliphatic carbocycles. The summed E-state index contributed by atoms with van der Waals surface area (Å²) in [6.07, 6.45) is 12.3. The summed E-state index contributed by atoms with van der Waals surface area (Å²) < 4.78 is 12.1. The Labute approximate surface area is 205 Å². The normalized spacial score (nSPS) is 60.2. The summed E-state index contributed by atoms with van der Waals surface area (Å²) in [5.41, 5.74) is 2.25. The molecule has 0 aromatic rings. The van der Waals surface area contributed by atoms with E-state index in [2.05, 4.69) is 47.8 Å². The van der Waals surface area contributed by atoms with E-state index in [-0.39, 0.29) is 51.7 Å². The molecule has 4 heteroatoms. The number of hydrogen-bond donors (Lipinski definition) is 2. The maximum atomic E-state index is 12.0. The number of fused-ring (bicyclic) bond motifs is 3. The van der Waals surface area contributed by atoms with Crippen LogP contribution in [0.25, 0.3) is 0 Å². The zero-order valence-electron chi connectivity index (χ0n) is 22.2. The fourth-order valence-corrected chi connectivity index (χ4v) is 11.9. The first-order valence-corrected chi connectivity index (χ1v) is 14.2. The van der Waals surface area contributed by atoms with Crippen LogP contribution < -0.4 is 0 Å². The van der Waals surface area contributed by atoms with Crippen molar-refractivity contribution in [2.75, 3.05) is 0 Å². The number of epoxide rings is 1. The first kappa shape index (κ1) is 22.6. The zero-order chi connectivity index (χ0) is 24.1. The van der Waals surface area contributed by atoms with Gasteiger partial charge in [0.25, 0.3) is 0 Å². The van der Waals surface area contributed by atoms with Crippen LogP contribution in [0.5, 0.6) is 0 Å². The van der Waals surface area contributed by atoms with Crippen molar-refractivity contribution < 1.29 is 19.7 Å². The fourth-order valence-electron chi connectivity index (χ4n) is 11.9. The monoisotopic (exact) mass is 470 g/mol. The van der Waals surface area contributed by atoms with Crippen LogP contribution in [0.4, 0.5) is 0 Å². The van der Waals surface area contributed by atoms with Crippen LogP contribution in [0.1, 0.15) is 99.3 Å². The van der Waals surface area contributed by atoms with E-state index in [0.29, 0.717) is 23.2 Å². The lowest BCUT2D eigenvalue weighted by Gasteiger charge is -2.68. The standard InChI is InChI=1S/C30H46O4/c1-25(2)21-14-23(32)28(6)20(27(21,5)10-9-22(25)31)8-11-29-16-30(28,29)12-7-18(29)17-13-19(33-15-17)24-26(3,4)34-24/h15,18-24,31-32H,7-14,16H2,1-6H3/t18-,19-,20-,21+,22-,23-,24+,27-,28+,29-,30-/m1/s1. The van der Waals surface area contributed by atoms with Crippen molar-refractivity contribution in [2.45, 2.75) is 129 Å². The van der Waals surface area contributed by atoms with Crippen LogP contribution in [0, 0.1) is 44.8 Å². The second kappa shape index (κ2) is 6.27. The van der Waals surface area contributed by atoms with E-state index in [1.54, 1.807) is 0 Å². The molecule has 2 aliphatic heterocycles. The Morgan fingerprint density at radius 2 is 1.62 bits per heavy atom. The lowest BCUT2D eigenvalue weighted by Crippen LogP contribution is -2.66. The molecule has 0 unspecified atom stereocenters. The lowest BCUT2D eigenvalue weighted by atomic mass is 9.37. The van der Waals surface area contributed by atoms with E-state index in [9.17, 15) is 10.2 Å². The Bertz CT molecular complexity index is 953. The SMILES string of the molecule is CC1(C)O[C@H]1[C@H]1CC([C@H]2CC[C@]34C[C@]23CC[C@@H]2[C@@]3(C)CC[C@@H](O)C(C)(C)[C@@H]3C[C@@H](O)[C@]24C)=CO1. The van der Waals surface area contributed by atoms with Gasteiger partial charge in [-0.1, -0.05) is 27.7 Å². The molecule has 0 aromatic heterocycles. The number of rotatable bonds is 2. The fraction of sp³-hybridized carbons (Fsp3) is 0.933. The van der Waals surface area contributed by atoms with Gasteiger partial charge in [-0.2, -0.15) is 0 Å². The van der Waals surface area contributed by atoms with Gasteiger partial charge in [-0.25, -0.2) is 0 Å². The summed E-state index contributed by atoms with van der Waals surface area (Å²) in [4.78, 5) is 0. The van der Waals surface area contributed by atoms with Gasteiger partial charge in [0.15, 0.2) is 0 Å². The molecular formula is C30H46O4. The maximum absolute atomic E-state index is 12.0. The molecule has 34 heavy (non-hydrogen) atoms. The van der Waals surface area contributed by atoms with Gasteiger partial charge in [0.05, 0.1) is 24.1 Å². The molecule has 5 saturated carbocycles. The highest BCUT2D eigenvalue weighted by atomic mass is 16.6. The summed E-state index contributed by atoms with van der Waals surface area (Å²) >= 11 is 0. The van der Waals surface area contributed by atoms with Gasteiger partial charge in [0, 0.05) is 11.8 Å². The highest BCUT2D eigenvalue weighted by molar-refractivity contribution is 5.37. The van der Waals surface area contributed by atoms with E-state index in [4.69, 9.17) is 9.47 Å². The molecule has 0 aromatic carbocycles. The van der Waals surface area contributed by atoms with Crippen molar-refractivity contribution >= 4 is 0 Å². The van der Waals surface area contributed by atoms with E-state index < -0.39 is 0 Å². The molecule has 2 heterocycles. The summed E-state index contributed by atoms with van der Waals surface area (Å²) in [6.45, 7) is 13.9. The van der Waals surface area contributed by atoms with Crippen molar-refractivity contribution in [3.8, 4) is 0 Å². The number of aliphatic hydroxyl groups is 2. The average Bonchev–Trinajstić information content (AvgIpc) is 3.46. The number of ether oxygens (including phenoxy) is 2. The minimum absolute atomic E-state index is 0.00929. The van der Waals surface area contributed by atoms with Gasteiger partial charge in [0.2, 0.25) is 0 Å². The first-order chi connectivity index (χ1) is 15.8. The molecule has 6 fully saturated rings. The van der Waals surface area contributed by atoms with Crippen LogP contribution in [-0.2, 0) is 9.47 Å². The number of aliphatic hydroxyl groups excluding tert-OH is 2. The molecule has 4 nitrogen and oxygen atoms in total. The van der Waals surface area contributed by atoms with Crippen LogP contribution in [0.2, 0.25) is 0 Å². The van der Waals surface area contributed by atoms with Gasteiger partial charge >= 0.3 is 0 Å². The lowest BCUT2D eigenvalue weighted by molar-refractivity contribution is -0.241. The van der Waals surface area contributed by atoms with Crippen molar-refractivity contribution in [3.05, 3.63) is 11.8 Å². The molecule has 7 rings (SSSR count). The molecule has 2 N–H and O–H groups in total. The smallest absolute Gasteiger partial charge is 0.131 e. The van der Waals surface area contributed by atoms with Crippen LogP contribution in [-0.4, -0.2) is 40.2 Å². The predicted molar refractivity (Wildman–Crippen MR) is 131 cm³/mol. The Kier molecular flexibility index (Phi) is 4.17. The quantitative estimate of drug-likeness (QED) is 0.515. The molecule has 1 saturated heterocycles. The summed E-state index contributed by atoms with van der Waals surface area (Å²) in [7, 11) is 0. The number of hydrogen-bond acceptors (Lipinski definition) is 4. The summed E-state index contributed by atoms with van der Waals surface area (Å²) in [5.74, 6) is 1.57. The summed E-state index contributed by atoms with van der Waals surface area (Å²) in [5, 5.41) is 22.9. The minimum Gasteiger partial charge on any atom is -0.495 e. The Balaban J connectivity index is 1.19. The van der Waals surface area contributed by atoms with Gasteiger partial charge in [-0.05, 0) is 110 Å². The molecule has 7 aliphatic rings. The van der Waals surface area contributed by atoms with E-state index in [1.165, 1.54) is 37.7 Å². The van der Waals surface area contributed by atoms with E-state index >= 15 is 0 Å². The second-order valence-corrected chi connectivity index (χ2v) is 15.3. The Hall–Kier alpha value is -0.580. The van der Waals surface area contributed by atoms with Crippen molar-refractivity contribution in [2.24, 2.45) is 44.8 Å². The molecule has 0 spiro atoms. The average molecular weight is 471 g/mol. The third kappa shape index (κ3) is 2.34. The third-order valence-corrected chi connectivity index (χ3v) is 13.7. The highest BCUT2D eigenvalue weighted by Crippen LogP contribution is 2.90. The van der Waals surface area contributed by atoms with Crippen molar-refractivity contribution in [3.63, 3.8) is 0 Å². The molecule has 0 radical (unpaired) electrons. The second-order valence-electron chi connectivity index (χ2n) is 15.3. The summed E-state index contributed by atoms with van der Waals surface area (Å²) in [6, 6.07) is 0. The van der Waals surface area contributed by atoms with Crippen LogP contribution >= 0.6 is 0 Å². The molecule has 190 valence electrons. The van der Waals surface area contributed by atoms with Gasteiger partial charge in [0.1, 0.15) is 12.2 Å². The minimum atomic E-state index is -0.261. The topological polar surface area (TPSA) is 62.2 Å². The van der Waals surface area contributed by atoms with Gasteiger partial charge < -0.3 is 19.7 Å². The molecule has 11 atom stereocenters. The van der Waals surface area contributed by atoms with Crippen molar-refractivity contribution in [1.29, 1.82) is 0 Å². The third-order valence-electron chi connectivity index (χ3n) is 13.7. The molecular weight excluding hydrogens is 424 g/mol. The predicted octanol–water partition coefficient (Wildman–Crippen LogP) is 5.61. The van der Waals surface area contributed by atoms with Gasteiger partial charge in [-0.3, -0.25) is 0 Å². The molecule has 0 amide bonds. The Morgan fingerprint density at radius 3 is 2.32 bits per heavy atom. The van der Waals surface area contributed by atoms with Gasteiger partial charge in [-0.15, -0.1) is 0 Å².